The van der Waals surface area contributed by atoms with Crippen LogP contribution in [0.2, 0.25) is 0 Å². The summed E-state index contributed by atoms with van der Waals surface area (Å²) in [6, 6.07) is 1.35. The van der Waals surface area contributed by atoms with E-state index in [0.717, 1.165) is 25.2 Å². The molecule has 0 aromatic heterocycles. The standard InChI is InChI=1S/C12H15F3N2.ClH/c1-8(17-6-4-16-5-7-17)11-9(13)2-3-10(14)12(11)15;/h2-3,8,16H,4-7H2,1H3;1H/t8-;/m0./s1. The lowest BCUT2D eigenvalue weighted by atomic mass is 10.0. The van der Waals surface area contributed by atoms with Crippen LogP contribution in [-0.4, -0.2) is 31.1 Å². The summed E-state index contributed by atoms with van der Waals surface area (Å²) < 4.78 is 40.3. The molecule has 6 heteroatoms. The molecule has 0 aliphatic carbocycles. The van der Waals surface area contributed by atoms with Gasteiger partial charge in [0.05, 0.1) is 0 Å². The summed E-state index contributed by atoms with van der Waals surface area (Å²) in [5.74, 6) is -2.76. The van der Waals surface area contributed by atoms with E-state index < -0.39 is 23.5 Å². The van der Waals surface area contributed by atoms with E-state index in [-0.39, 0.29) is 18.0 Å². The Morgan fingerprint density at radius 3 is 2.28 bits per heavy atom. The molecule has 1 aromatic carbocycles. The Bertz CT molecular complexity index is 409. The fourth-order valence-electron chi connectivity index (χ4n) is 2.18. The lowest BCUT2D eigenvalue weighted by Crippen LogP contribution is -2.44. The van der Waals surface area contributed by atoms with Gasteiger partial charge in [-0.25, -0.2) is 13.2 Å². The Balaban J connectivity index is 0.00000162. The van der Waals surface area contributed by atoms with Crippen LogP contribution in [0.3, 0.4) is 0 Å². The Labute approximate surface area is 111 Å². The Morgan fingerprint density at radius 1 is 1.11 bits per heavy atom. The molecule has 0 unspecified atom stereocenters. The van der Waals surface area contributed by atoms with Crippen molar-refractivity contribution in [2.24, 2.45) is 0 Å². The molecule has 1 fully saturated rings. The van der Waals surface area contributed by atoms with Crippen LogP contribution >= 0.6 is 12.4 Å². The van der Waals surface area contributed by atoms with Crippen molar-refractivity contribution in [3.8, 4) is 0 Å². The van der Waals surface area contributed by atoms with E-state index in [1.807, 2.05) is 4.90 Å². The zero-order chi connectivity index (χ0) is 12.4. The number of piperazine rings is 1. The number of nitrogens with zero attached hydrogens (tertiary/aromatic N) is 1. The second-order valence-electron chi connectivity index (χ2n) is 4.22. The Morgan fingerprint density at radius 2 is 1.67 bits per heavy atom. The van der Waals surface area contributed by atoms with Crippen LogP contribution in [0.4, 0.5) is 13.2 Å². The third-order valence-corrected chi connectivity index (χ3v) is 3.20. The van der Waals surface area contributed by atoms with Crippen LogP contribution in [0.15, 0.2) is 12.1 Å². The molecule has 1 saturated heterocycles. The molecule has 0 amide bonds. The van der Waals surface area contributed by atoms with Crippen LogP contribution in [0.5, 0.6) is 0 Å². The van der Waals surface area contributed by atoms with Crippen molar-refractivity contribution >= 4 is 12.4 Å². The third-order valence-electron chi connectivity index (χ3n) is 3.20. The van der Waals surface area contributed by atoms with Crippen molar-refractivity contribution in [3.63, 3.8) is 0 Å². The van der Waals surface area contributed by atoms with Gasteiger partial charge in [-0.05, 0) is 19.1 Å². The average Bonchev–Trinajstić information content (AvgIpc) is 2.35. The van der Waals surface area contributed by atoms with Crippen molar-refractivity contribution < 1.29 is 13.2 Å². The fraction of sp³-hybridized carbons (Fsp3) is 0.500. The van der Waals surface area contributed by atoms with Crippen molar-refractivity contribution in [2.75, 3.05) is 26.2 Å². The highest BCUT2D eigenvalue weighted by Gasteiger charge is 2.25. The highest BCUT2D eigenvalue weighted by molar-refractivity contribution is 5.85. The number of nitrogens with one attached hydrogen (secondary N) is 1. The van der Waals surface area contributed by atoms with Crippen LogP contribution in [0, 0.1) is 17.5 Å². The monoisotopic (exact) mass is 280 g/mol. The smallest absolute Gasteiger partial charge is 0.166 e. The largest absolute Gasteiger partial charge is 0.314 e. The molecule has 0 saturated carbocycles. The summed E-state index contributed by atoms with van der Waals surface area (Å²) in [5.41, 5.74) is -0.174. The molecule has 102 valence electrons. The average molecular weight is 281 g/mol. The normalized spacial score (nSPS) is 18.2. The molecule has 2 nitrogen and oxygen atoms in total. The van der Waals surface area contributed by atoms with E-state index >= 15 is 0 Å². The molecule has 0 radical (unpaired) electrons. The van der Waals surface area contributed by atoms with Crippen LogP contribution in [-0.2, 0) is 0 Å². The van der Waals surface area contributed by atoms with E-state index in [4.69, 9.17) is 0 Å². The quantitative estimate of drug-likeness (QED) is 0.838. The second kappa shape index (κ2) is 6.41. The van der Waals surface area contributed by atoms with Gasteiger partial charge in [0.25, 0.3) is 0 Å². The molecule has 1 aromatic rings. The first kappa shape index (κ1) is 15.3. The lowest BCUT2D eigenvalue weighted by molar-refractivity contribution is 0.178. The fourth-order valence-corrected chi connectivity index (χ4v) is 2.18. The number of halogens is 4. The number of hydrogen-bond acceptors (Lipinski definition) is 2. The van der Waals surface area contributed by atoms with Gasteiger partial charge in [-0.3, -0.25) is 4.90 Å². The summed E-state index contributed by atoms with van der Waals surface area (Å²) in [5, 5.41) is 3.16. The Hall–Kier alpha value is -0.780. The highest BCUT2D eigenvalue weighted by atomic mass is 35.5. The van der Waals surface area contributed by atoms with Gasteiger partial charge < -0.3 is 5.32 Å². The third kappa shape index (κ3) is 2.96. The predicted molar refractivity (Wildman–Crippen MR) is 66.4 cm³/mol. The van der Waals surface area contributed by atoms with E-state index in [1.54, 1.807) is 6.92 Å². The molecular weight excluding hydrogens is 265 g/mol. The van der Waals surface area contributed by atoms with Gasteiger partial charge in [0.15, 0.2) is 11.6 Å². The second-order valence-corrected chi connectivity index (χ2v) is 4.22. The molecule has 18 heavy (non-hydrogen) atoms. The molecule has 1 atom stereocenters. The highest BCUT2D eigenvalue weighted by Crippen LogP contribution is 2.27. The minimum atomic E-state index is -1.07. The number of rotatable bonds is 2. The van der Waals surface area contributed by atoms with Gasteiger partial charge in [-0.15, -0.1) is 12.4 Å². The molecular formula is C12H16ClF3N2. The van der Waals surface area contributed by atoms with Crippen molar-refractivity contribution in [3.05, 3.63) is 35.1 Å². The first-order valence-corrected chi connectivity index (χ1v) is 5.69. The maximum absolute atomic E-state index is 13.6. The van der Waals surface area contributed by atoms with E-state index in [0.29, 0.717) is 13.1 Å². The predicted octanol–water partition coefficient (Wildman–Crippen LogP) is 2.49. The zero-order valence-electron chi connectivity index (χ0n) is 10.0. The maximum Gasteiger partial charge on any atom is 0.166 e. The molecule has 0 spiro atoms. The molecule has 2 rings (SSSR count). The number of hydrogen-bond donors (Lipinski definition) is 1. The Kier molecular flexibility index (Phi) is 5.44. The molecule has 1 N–H and O–H groups in total. The minimum absolute atomic E-state index is 0. The van der Waals surface area contributed by atoms with Crippen molar-refractivity contribution in [1.82, 2.24) is 10.2 Å². The first-order valence-electron chi connectivity index (χ1n) is 5.69. The minimum Gasteiger partial charge on any atom is -0.314 e. The van der Waals surface area contributed by atoms with Crippen LogP contribution < -0.4 is 5.32 Å². The van der Waals surface area contributed by atoms with Crippen LogP contribution in [0.25, 0.3) is 0 Å². The van der Waals surface area contributed by atoms with Gasteiger partial charge >= 0.3 is 0 Å². The van der Waals surface area contributed by atoms with E-state index in [2.05, 4.69) is 5.32 Å². The van der Waals surface area contributed by atoms with Gasteiger partial charge in [0, 0.05) is 37.8 Å². The SMILES string of the molecule is C[C@@H](c1c(F)ccc(F)c1F)N1CCNCC1.Cl. The summed E-state index contributed by atoms with van der Waals surface area (Å²) in [6.07, 6.45) is 0. The summed E-state index contributed by atoms with van der Waals surface area (Å²) in [7, 11) is 0. The molecule has 1 heterocycles. The summed E-state index contributed by atoms with van der Waals surface area (Å²) in [6.45, 7) is 4.67. The van der Waals surface area contributed by atoms with Gasteiger partial charge in [0.2, 0.25) is 0 Å². The van der Waals surface area contributed by atoms with E-state index in [9.17, 15) is 13.2 Å². The number of benzene rings is 1. The van der Waals surface area contributed by atoms with Crippen LogP contribution in [0.1, 0.15) is 18.5 Å². The maximum atomic E-state index is 13.6. The van der Waals surface area contributed by atoms with Gasteiger partial charge in [0.1, 0.15) is 5.82 Å². The van der Waals surface area contributed by atoms with E-state index in [1.165, 1.54) is 0 Å². The topological polar surface area (TPSA) is 15.3 Å². The molecule has 1 aliphatic rings. The molecule has 1 aliphatic heterocycles. The van der Waals surface area contributed by atoms with Gasteiger partial charge in [-0.1, -0.05) is 0 Å². The first-order chi connectivity index (χ1) is 8.11. The summed E-state index contributed by atoms with van der Waals surface area (Å²) in [4.78, 5) is 1.94. The molecule has 0 bridgehead atoms. The zero-order valence-corrected chi connectivity index (χ0v) is 10.9. The van der Waals surface area contributed by atoms with Crippen molar-refractivity contribution in [2.45, 2.75) is 13.0 Å². The van der Waals surface area contributed by atoms with Crippen molar-refractivity contribution in [1.29, 1.82) is 0 Å². The summed E-state index contributed by atoms with van der Waals surface area (Å²) >= 11 is 0. The lowest BCUT2D eigenvalue weighted by Gasteiger charge is -2.33. The van der Waals surface area contributed by atoms with Gasteiger partial charge in [-0.2, -0.15) is 0 Å².